The van der Waals surface area contributed by atoms with E-state index in [9.17, 15) is 8.60 Å². The van der Waals surface area contributed by atoms with Crippen LogP contribution in [0.15, 0.2) is 47.4 Å². The van der Waals surface area contributed by atoms with E-state index in [2.05, 4.69) is 0 Å². The van der Waals surface area contributed by atoms with Crippen LogP contribution in [0.4, 0.5) is 4.39 Å². The Labute approximate surface area is 120 Å². The van der Waals surface area contributed by atoms with Gasteiger partial charge in [-0.05, 0) is 35.9 Å². The van der Waals surface area contributed by atoms with E-state index >= 15 is 0 Å². The number of hydrogen-bond donors (Lipinski definition) is 1. The van der Waals surface area contributed by atoms with Gasteiger partial charge < -0.3 is 10.5 Å². The summed E-state index contributed by atoms with van der Waals surface area (Å²) in [5.74, 6) is 0.474. The maximum atomic E-state index is 13.8. The van der Waals surface area contributed by atoms with Crippen LogP contribution in [-0.2, 0) is 23.1 Å². The maximum absolute atomic E-state index is 13.8. The minimum Gasteiger partial charge on any atom is -0.497 e. The summed E-state index contributed by atoms with van der Waals surface area (Å²) in [5, 5.41) is 0. The monoisotopic (exact) mass is 293 g/mol. The Bertz CT molecular complexity index is 614. The van der Waals surface area contributed by atoms with Gasteiger partial charge in [0.15, 0.2) is 0 Å². The summed E-state index contributed by atoms with van der Waals surface area (Å²) < 4.78 is 31.1. The average molecular weight is 293 g/mol. The van der Waals surface area contributed by atoms with E-state index in [1.165, 1.54) is 6.07 Å². The molecule has 2 aromatic carbocycles. The third-order valence-corrected chi connectivity index (χ3v) is 4.33. The quantitative estimate of drug-likeness (QED) is 0.922. The first-order chi connectivity index (χ1) is 9.63. The zero-order valence-corrected chi connectivity index (χ0v) is 12.0. The Kier molecular flexibility index (Phi) is 4.87. The summed E-state index contributed by atoms with van der Waals surface area (Å²) in [4.78, 5) is 0.646. The molecule has 0 spiro atoms. The van der Waals surface area contributed by atoms with E-state index in [0.29, 0.717) is 22.8 Å². The zero-order valence-electron chi connectivity index (χ0n) is 11.1. The van der Waals surface area contributed by atoms with Crippen LogP contribution in [0.25, 0.3) is 0 Å². The number of nitrogens with two attached hydrogens (primary N) is 1. The van der Waals surface area contributed by atoms with Crippen LogP contribution in [0.1, 0.15) is 11.1 Å². The van der Waals surface area contributed by atoms with Gasteiger partial charge in [0, 0.05) is 17.0 Å². The molecule has 0 amide bonds. The smallest absolute Gasteiger partial charge is 0.127 e. The van der Waals surface area contributed by atoms with Crippen molar-refractivity contribution < 1.29 is 13.3 Å². The van der Waals surface area contributed by atoms with Gasteiger partial charge in [-0.15, -0.1) is 0 Å². The molecule has 20 heavy (non-hydrogen) atoms. The van der Waals surface area contributed by atoms with Crippen LogP contribution in [0.5, 0.6) is 5.75 Å². The molecule has 0 saturated carbocycles. The highest BCUT2D eigenvalue weighted by Crippen LogP contribution is 2.19. The van der Waals surface area contributed by atoms with Crippen molar-refractivity contribution in [1.82, 2.24) is 0 Å². The second-order valence-corrected chi connectivity index (χ2v) is 5.75. The topological polar surface area (TPSA) is 52.3 Å². The number of ether oxygens (including phenoxy) is 1. The normalized spacial score (nSPS) is 12.2. The molecule has 0 aliphatic rings. The Morgan fingerprint density at radius 2 is 1.90 bits per heavy atom. The lowest BCUT2D eigenvalue weighted by atomic mass is 10.1. The summed E-state index contributed by atoms with van der Waals surface area (Å²) in [6, 6.07) is 11.7. The summed E-state index contributed by atoms with van der Waals surface area (Å²) in [7, 11) is 0.280. The Morgan fingerprint density at radius 3 is 2.45 bits per heavy atom. The van der Waals surface area contributed by atoms with Gasteiger partial charge >= 0.3 is 0 Å². The Morgan fingerprint density at radius 1 is 1.20 bits per heavy atom. The Balaban J connectivity index is 2.14. The fraction of sp³-hybridized carbons (Fsp3) is 0.200. The molecular formula is C15H16FNO2S. The number of hydrogen-bond acceptors (Lipinski definition) is 3. The van der Waals surface area contributed by atoms with Gasteiger partial charge in [0.05, 0.1) is 23.7 Å². The van der Waals surface area contributed by atoms with Gasteiger partial charge in [0.2, 0.25) is 0 Å². The summed E-state index contributed by atoms with van der Waals surface area (Å²) in [6.07, 6.45) is 0. The third-order valence-electron chi connectivity index (χ3n) is 2.96. The van der Waals surface area contributed by atoms with Crippen LogP contribution in [0.3, 0.4) is 0 Å². The molecule has 3 nitrogen and oxygen atoms in total. The molecule has 1 atom stereocenters. The number of methoxy groups -OCH3 is 1. The van der Waals surface area contributed by atoms with Gasteiger partial charge in [-0.1, -0.05) is 12.1 Å². The molecule has 0 radical (unpaired) electrons. The first-order valence-electron chi connectivity index (χ1n) is 6.14. The van der Waals surface area contributed by atoms with Gasteiger partial charge in [-0.2, -0.15) is 0 Å². The van der Waals surface area contributed by atoms with Crippen molar-refractivity contribution in [3.63, 3.8) is 0 Å². The molecule has 1 unspecified atom stereocenters. The van der Waals surface area contributed by atoms with Crippen molar-refractivity contribution >= 4 is 10.8 Å². The molecule has 2 N–H and O–H groups in total. The van der Waals surface area contributed by atoms with Crippen LogP contribution in [-0.4, -0.2) is 11.3 Å². The van der Waals surface area contributed by atoms with Crippen LogP contribution >= 0.6 is 0 Å². The lowest BCUT2D eigenvalue weighted by Gasteiger charge is -2.06. The van der Waals surface area contributed by atoms with Crippen molar-refractivity contribution in [2.24, 2.45) is 5.73 Å². The second-order valence-electron chi connectivity index (χ2n) is 4.30. The largest absolute Gasteiger partial charge is 0.497 e. The van der Waals surface area contributed by atoms with E-state index in [1.54, 1.807) is 43.5 Å². The summed E-state index contributed by atoms with van der Waals surface area (Å²) in [6.45, 7) is 0.290. The molecular weight excluding hydrogens is 277 g/mol. The van der Waals surface area contributed by atoms with E-state index in [0.717, 1.165) is 5.56 Å². The number of benzene rings is 2. The summed E-state index contributed by atoms with van der Waals surface area (Å²) >= 11 is 0. The molecule has 106 valence electrons. The summed E-state index contributed by atoms with van der Waals surface area (Å²) in [5.41, 5.74) is 6.60. The highest BCUT2D eigenvalue weighted by Gasteiger charge is 2.10. The predicted octanol–water partition coefficient (Wildman–Crippen LogP) is 2.60. The first kappa shape index (κ1) is 14.7. The van der Waals surface area contributed by atoms with Gasteiger partial charge in [0.1, 0.15) is 11.6 Å². The average Bonchev–Trinajstić information content (AvgIpc) is 2.49. The van der Waals surface area contributed by atoms with Crippen LogP contribution in [0, 0.1) is 5.82 Å². The van der Waals surface area contributed by atoms with Gasteiger partial charge in [0.25, 0.3) is 0 Å². The zero-order chi connectivity index (χ0) is 14.5. The van der Waals surface area contributed by atoms with Crippen molar-refractivity contribution in [2.75, 3.05) is 7.11 Å². The van der Waals surface area contributed by atoms with Gasteiger partial charge in [-0.25, -0.2) is 4.39 Å². The minimum atomic E-state index is -1.29. The third kappa shape index (κ3) is 3.43. The first-order valence-corrected chi connectivity index (χ1v) is 7.45. The lowest BCUT2D eigenvalue weighted by Crippen LogP contribution is -2.02. The highest BCUT2D eigenvalue weighted by molar-refractivity contribution is 7.84. The highest BCUT2D eigenvalue weighted by atomic mass is 32.2. The molecule has 0 bridgehead atoms. The predicted molar refractivity (Wildman–Crippen MR) is 77.4 cm³/mol. The molecule has 2 rings (SSSR count). The fourth-order valence-electron chi connectivity index (χ4n) is 1.79. The van der Waals surface area contributed by atoms with Crippen molar-refractivity contribution in [2.45, 2.75) is 17.2 Å². The second kappa shape index (κ2) is 6.63. The van der Waals surface area contributed by atoms with E-state index in [4.69, 9.17) is 10.5 Å². The Hall–Kier alpha value is -1.72. The molecule has 0 saturated heterocycles. The number of rotatable bonds is 5. The van der Waals surface area contributed by atoms with Crippen molar-refractivity contribution in [3.8, 4) is 5.75 Å². The SMILES string of the molecule is COc1ccc(S(=O)Cc2ccc(CN)cc2F)cc1. The molecule has 0 heterocycles. The van der Waals surface area contributed by atoms with E-state index in [-0.39, 0.29) is 11.6 Å². The van der Waals surface area contributed by atoms with E-state index in [1.807, 2.05) is 0 Å². The fourth-order valence-corrected chi connectivity index (χ4v) is 2.91. The lowest BCUT2D eigenvalue weighted by molar-refractivity contribution is 0.414. The van der Waals surface area contributed by atoms with Crippen molar-refractivity contribution in [3.05, 3.63) is 59.4 Å². The molecule has 0 aliphatic carbocycles. The standard InChI is InChI=1S/C15H16FNO2S/c1-19-13-4-6-14(7-5-13)20(18)10-12-3-2-11(9-17)8-15(12)16/h2-8H,9-10,17H2,1H3. The molecule has 5 heteroatoms. The van der Waals surface area contributed by atoms with Gasteiger partial charge in [-0.3, -0.25) is 4.21 Å². The molecule has 0 fully saturated rings. The maximum Gasteiger partial charge on any atom is 0.127 e. The molecule has 2 aromatic rings. The van der Waals surface area contributed by atoms with Crippen LogP contribution < -0.4 is 10.5 Å². The molecule has 0 aliphatic heterocycles. The molecule has 0 aromatic heterocycles. The minimum absolute atomic E-state index is 0.142. The van der Waals surface area contributed by atoms with Crippen molar-refractivity contribution in [1.29, 1.82) is 0 Å². The number of halogens is 1. The van der Waals surface area contributed by atoms with E-state index < -0.39 is 10.8 Å². The van der Waals surface area contributed by atoms with Crippen LogP contribution in [0.2, 0.25) is 0 Å².